The predicted molar refractivity (Wildman–Crippen MR) is 178 cm³/mol. The molecular formula is C34H36BrN3O8. The van der Waals surface area contributed by atoms with Gasteiger partial charge in [-0.1, -0.05) is 19.1 Å². The minimum atomic E-state index is -0.893. The maximum absolute atomic E-state index is 13.6. The molecule has 0 unspecified atom stereocenters. The number of carbonyl (C=O) groups is 4. The Balaban J connectivity index is 1.59. The van der Waals surface area contributed by atoms with Crippen molar-refractivity contribution in [3.8, 4) is 23.0 Å². The van der Waals surface area contributed by atoms with Gasteiger partial charge in [0, 0.05) is 11.8 Å². The SMILES string of the molecule is CCCOc1ccc(N2C(=O)NC(=O)/C(=C\c3cc(Br)c(OCC(=O)Nc4cc(C)ccc4C)c(OCC)c3)C2=O)cc1OCC. The van der Waals surface area contributed by atoms with Crippen LogP contribution in [-0.2, 0) is 14.4 Å². The highest BCUT2D eigenvalue weighted by molar-refractivity contribution is 9.10. The molecule has 46 heavy (non-hydrogen) atoms. The molecule has 1 aliphatic rings. The van der Waals surface area contributed by atoms with Crippen molar-refractivity contribution in [2.45, 2.75) is 41.0 Å². The highest BCUT2D eigenvalue weighted by Gasteiger charge is 2.37. The molecule has 1 saturated heterocycles. The third-order valence-corrected chi connectivity index (χ3v) is 7.30. The van der Waals surface area contributed by atoms with E-state index >= 15 is 0 Å². The number of nitrogens with one attached hydrogen (secondary N) is 2. The van der Waals surface area contributed by atoms with E-state index in [0.717, 1.165) is 22.4 Å². The number of hydrogen-bond acceptors (Lipinski definition) is 8. The van der Waals surface area contributed by atoms with Crippen LogP contribution in [-0.4, -0.2) is 50.2 Å². The van der Waals surface area contributed by atoms with E-state index < -0.39 is 17.8 Å². The van der Waals surface area contributed by atoms with Crippen molar-refractivity contribution in [3.05, 3.63) is 75.3 Å². The molecule has 1 heterocycles. The number of rotatable bonds is 13. The van der Waals surface area contributed by atoms with Crippen LogP contribution in [0.3, 0.4) is 0 Å². The zero-order valence-electron chi connectivity index (χ0n) is 26.3. The molecule has 3 aromatic carbocycles. The second-order valence-electron chi connectivity index (χ2n) is 10.3. The van der Waals surface area contributed by atoms with E-state index in [1.165, 1.54) is 12.1 Å². The van der Waals surface area contributed by atoms with Crippen LogP contribution in [0.1, 0.15) is 43.9 Å². The quantitative estimate of drug-likeness (QED) is 0.157. The number of benzene rings is 3. The Bertz CT molecular complexity index is 1690. The van der Waals surface area contributed by atoms with Crippen LogP contribution in [0.25, 0.3) is 6.08 Å². The van der Waals surface area contributed by atoms with Crippen LogP contribution in [0.4, 0.5) is 16.2 Å². The number of nitrogens with zero attached hydrogens (tertiary/aromatic N) is 1. The normalized spacial score (nSPS) is 13.8. The second kappa shape index (κ2) is 15.4. The minimum absolute atomic E-state index is 0.201. The lowest BCUT2D eigenvalue weighted by Crippen LogP contribution is -2.54. The van der Waals surface area contributed by atoms with Crippen LogP contribution in [0.5, 0.6) is 23.0 Å². The highest BCUT2D eigenvalue weighted by Crippen LogP contribution is 2.38. The van der Waals surface area contributed by atoms with Gasteiger partial charge in [-0.15, -0.1) is 0 Å². The Labute approximate surface area is 276 Å². The van der Waals surface area contributed by atoms with Gasteiger partial charge in [-0.05, 0) is 103 Å². The number of imide groups is 2. The molecule has 11 nitrogen and oxygen atoms in total. The summed E-state index contributed by atoms with van der Waals surface area (Å²) in [5.41, 5.74) is 2.95. The fourth-order valence-electron chi connectivity index (χ4n) is 4.56. The molecule has 3 aromatic rings. The summed E-state index contributed by atoms with van der Waals surface area (Å²) >= 11 is 3.46. The van der Waals surface area contributed by atoms with E-state index in [1.54, 1.807) is 38.1 Å². The highest BCUT2D eigenvalue weighted by atomic mass is 79.9. The van der Waals surface area contributed by atoms with Gasteiger partial charge in [-0.2, -0.15) is 0 Å². The number of aryl methyl sites for hydroxylation is 2. The van der Waals surface area contributed by atoms with Crippen LogP contribution >= 0.6 is 15.9 Å². The van der Waals surface area contributed by atoms with Gasteiger partial charge in [0.2, 0.25) is 0 Å². The molecular weight excluding hydrogens is 658 g/mol. The molecule has 0 spiro atoms. The minimum Gasteiger partial charge on any atom is -0.490 e. The summed E-state index contributed by atoms with van der Waals surface area (Å²) in [6.45, 7) is 10.2. The fourth-order valence-corrected chi connectivity index (χ4v) is 5.14. The number of amides is 5. The molecule has 0 saturated carbocycles. The summed E-state index contributed by atoms with van der Waals surface area (Å²) in [5, 5.41) is 5.08. The van der Waals surface area contributed by atoms with Gasteiger partial charge < -0.3 is 24.3 Å². The van der Waals surface area contributed by atoms with Crippen LogP contribution in [0.15, 0.2) is 58.6 Å². The maximum atomic E-state index is 13.6. The lowest BCUT2D eigenvalue weighted by Gasteiger charge is -2.27. The Morgan fingerprint density at radius 1 is 0.891 bits per heavy atom. The number of urea groups is 1. The van der Waals surface area contributed by atoms with E-state index in [0.29, 0.717) is 40.4 Å². The van der Waals surface area contributed by atoms with Gasteiger partial charge >= 0.3 is 6.03 Å². The summed E-state index contributed by atoms with van der Waals surface area (Å²) in [5.74, 6) is -0.648. The first kappa shape index (κ1) is 34.0. The lowest BCUT2D eigenvalue weighted by atomic mass is 10.1. The maximum Gasteiger partial charge on any atom is 0.335 e. The third-order valence-electron chi connectivity index (χ3n) is 6.71. The Morgan fingerprint density at radius 3 is 2.35 bits per heavy atom. The van der Waals surface area contributed by atoms with Crippen molar-refractivity contribution >= 4 is 57.1 Å². The van der Waals surface area contributed by atoms with E-state index in [1.807, 2.05) is 39.0 Å². The fraction of sp³-hybridized carbons (Fsp3) is 0.294. The number of halogens is 1. The van der Waals surface area contributed by atoms with Crippen LogP contribution < -0.4 is 34.5 Å². The molecule has 0 aromatic heterocycles. The van der Waals surface area contributed by atoms with Gasteiger partial charge in [0.25, 0.3) is 17.7 Å². The molecule has 0 bridgehead atoms. The number of hydrogen-bond donors (Lipinski definition) is 2. The van der Waals surface area contributed by atoms with Crippen LogP contribution in [0, 0.1) is 13.8 Å². The number of anilines is 2. The zero-order chi connectivity index (χ0) is 33.4. The molecule has 1 fully saturated rings. The van der Waals surface area contributed by atoms with Crippen LogP contribution in [0.2, 0.25) is 0 Å². The third kappa shape index (κ3) is 8.05. The van der Waals surface area contributed by atoms with Crippen molar-refractivity contribution < 1.29 is 38.1 Å². The molecule has 242 valence electrons. The van der Waals surface area contributed by atoms with E-state index in [-0.39, 0.29) is 41.9 Å². The average Bonchev–Trinajstić information content (AvgIpc) is 3.00. The first-order valence-electron chi connectivity index (χ1n) is 14.8. The zero-order valence-corrected chi connectivity index (χ0v) is 27.9. The summed E-state index contributed by atoms with van der Waals surface area (Å²) in [6, 6.07) is 12.7. The monoisotopic (exact) mass is 693 g/mol. The summed E-state index contributed by atoms with van der Waals surface area (Å²) < 4.78 is 23.4. The van der Waals surface area contributed by atoms with Gasteiger partial charge in [-0.25, -0.2) is 9.69 Å². The van der Waals surface area contributed by atoms with Gasteiger partial charge in [0.1, 0.15) is 5.57 Å². The van der Waals surface area contributed by atoms with Crippen molar-refractivity contribution in [3.63, 3.8) is 0 Å². The first-order valence-corrected chi connectivity index (χ1v) is 15.6. The molecule has 12 heteroatoms. The predicted octanol–water partition coefficient (Wildman–Crippen LogP) is 6.34. The molecule has 2 N–H and O–H groups in total. The number of barbiturate groups is 1. The van der Waals surface area contributed by atoms with Crippen molar-refractivity contribution in [1.82, 2.24) is 5.32 Å². The largest absolute Gasteiger partial charge is 0.490 e. The lowest BCUT2D eigenvalue weighted by molar-refractivity contribution is -0.122. The van der Waals surface area contributed by atoms with E-state index in [4.69, 9.17) is 18.9 Å². The van der Waals surface area contributed by atoms with E-state index in [9.17, 15) is 19.2 Å². The van der Waals surface area contributed by atoms with Gasteiger partial charge in [-0.3, -0.25) is 19.7 Å². The molecule has 4 rings (SSSR count). The smallest absolute Gasteiger partial charge is 0.335 e. The van der Waals surface area contributed by atoms with Crippen molar-refractivity contribution in [2.75, 3.05) is 36.6 Å². The Hall–Kier alpha value is -4.84. The molecule has 0 radical (unpaired) electrons. The van der Waals surface area contributed by atoms with Crippen molar-refractivity contribution in [2.24, 2.45) is 0 Å². The topological polar surface area (TPSA) is 132 Å². The number of ether oxygens (including phenoxy) is 4. The summed E-state index contributed by atoms with van der Waals surface area (Å²) in [7, 11) is 0. The molecule has 0 aliphatic carbocycles. The molecule has 5 amide bonds. The second-order valence-corrected chi connectivity index (χ2v) is 11.1. The summed E-state index contributed by atoms with van der Waals surface area (Å²) in [6.07, 6.45) is 2.14. The number of carbonyl (C=O) groups excluding carboxylic acids is 4. The Morgan fingerprint density at radius 2 is 1.63 bits per heavy atom. The molecule has 1 aliphatic heterocycles. The first-order chi connectivity index (χ1) is 22.1. The summed E-state index contributed by atoms with van der Waals surface area (Å²) in [4.78, 5) is 52.9. The average molecular weight is 695 g/mol. The van der Waals surface area contributed by atoms with Gasteiger partial charge in [0.15, 0.2) is 29.6 Å². The van der Waals surface area contributed by atoms with Crippen molar-refractivity contribution in [1.29, 1.82) is 0 Å². The van der Waals surface area contributed by atoms with Gasteiger partial charge in [0.05, 0.1) is 30.0 Å². The van der Waals surface area contributed by atoms with E-state index in [2.05, 4.69) is 26.6 Å². The Kier molecular flexibility index (Phi) is 11.4. The molecule has 0 atom stereocenters. The standard InChI is InChI=1S/C34H36BrN3O8/c1-6-13-45-27-12-11-23(18-28(27)43-7-2)38-33(41)24(32(40)37-34(38)42)15-22-16-25(35)31(29(17-22)44-8-3)46-19-30(39)36-26-14-20(4)9-10-21(26)5/h9-12,14-18H,6-8,13,19H2,1-5H3,(H,36,39)(H,37,40,42)/b24-15+.